The fourth-order valence-corrected chi connectivity index (χ4v) is 2.82. The molecule has 1 aromatic heterocycles. The van der Waals surface area contributed by atoms with Crippen LogP contribution in [0, 0.1) is 0 Å². The highest BCUT2D eigenvalue weighted by atomic mass is 79.9. The molecule has 0 aliphatic heterocycles. The van der Waals surface area contributed by atoms with Gasteiger partial charge in [0.25, 0.3) is 0 Å². The molecule has 0 amide bonds. The van der Waals surface area contributed by atoms with Gasteiger partial charge in [-0.1, -0.05) is 0 Å². The number of hydrogen-bond acceptors (Lipinski definition) is 5. The highest BCUT2D eigenvalue weighted by molar-refractivity contribution is 9.11. The summed E-state index contributed by atoms with van der Waals surface area (Å²) in [5.41, 5.74) is 0.399. The van der Waals surface area contributed by atoms with Gasteiger partial charge in [-0.15, -0.1) is 11.3 Å². The smallest absolute Gasteiger partial charge is 0.337 e. The number of rotatable bonds is 4. The molecule has 0 N–H and O–H groups in total. The molecule has 2 aromatic rings. The van der Waals surface area contributed by atoms with Gasteiger partial charge in [0.15, 0.2) is 0 Å². The first-order valence-electron chi connectivity index (χ1n) is 5.92. The van der Waals surface area contributed by atoms with Crippen molar-refractivity contribution in [1.82, 2.24) is 0 Å². The van der Waals surface area contributed by atoms with Gasteiger partial charge in [-0.3, -0.25) is 0 Å². The third kappa shape index (κ3) is 4.54. The molecule has 108 valence electrons. The Morgan fingerprint density at radius 1 is 1.14 bits per heavy atom. The van der Waals surface area contributed by atoms with Gasteiger partial charge in [-0.25, -0.2) is 9.59 Å². The first kappa shape index (κ1) is 15.5. The molecule has 1 aromatic carbocycles. The lowest BCUT2D eigenvalue weighted by Gasteiger charge is -2.02. The van der Waals surface area contributed by atoms with E-state index in [4.69, 9.17) is 4.74 Å². The van der Waals surface area contributed by atoms with Crippen molar-refractivity contribution in [1.29, 1.82) is 0 Å². The number of carbonyl (C=O) groups is 2. The number of ether oxygens (including phenoxy) is 2. The van der Waals surface area contributed by atoms with Crippen molar-refractivity contribution in [2.24, 2.45) is 0 Å². The Kier molecular flexibility index (Phi) is 5.30. The van der Waals surface area contributed by atoms with Crippen LogP contribution in [-0.2, 0) is 9.53 Å². The van der Waals surface area contributed by atoms with Crippen LogP contribution in [0.2, 0.25) is 0 Å². The topological polar surface area (TPSA) is 52.6 Å². The molecular formula is C15H11BrO4S. The van der Waals surface area contributed by atoms with Gasteiger partial charge in [0.1, 0.15) is 5.75 Å². The van der Waals surface area contributed by atoms with E-state index in [1.165, 1.54) is 36.7 Å². The Bertz CT molecular complexity index is 673. The molecule has 0 bridgehead atoms. The Labute approximate surface area is 134 Å². The second-order valence-corrected chi connectivity index (χ2v) is 6.41. The summed E-state index contributed by atoms with van der Waals surface area (Å²) >= 11 is 4.86. The first-order chi connectivity index (χ1) is 10.1. The van der Waals surface area contributed by atoms with Crippen LogP contribution in [0.5, 0.6) is 5.75 Å². The maximum atomic E-state index is 11.7. The zero-order valence-electron chi connectivity index (χ0n) is 11.0. The van der Waals surface area contributed by atoms with Crippen LogP contribution in [0.3, 0.4) is 0 Å². The Balaban J connectivity index is 1.96. The molecule has 0 aliphatic carbocycles. The van der Waals surface area contributed by atoms with Gasteiger partial charge in [0, 0.05) is 11.0 Å². The quantitative estimate of drug-likeness (QED) is 0.467. The monoisotopic (exact) mass is 366 g/mol. The molecule has 0 unspecified atom stereocenters. The van der Waals surface area contributed by atoms with E-state index in [-0.39, 0.29) is 0 Å². The lowest BCUT2D eigenvalue weighted by atomic mass is 10.2. The largest absolute Gasteiger partial charge is 0.465 e. The highest BCUT2D eigenvalue weighted by Crippen LogP contribution is 2.23. The second-order valence-electron chi connectivity index (χ2n) is 3.91. The molecule has 0 aliphatic rings. The fourth-order valence-electron chi connectivity index (χ4n) is 1.50. The summed E-state index contributed by atoms with van der Waals surface area (Å²) in [6, 6.07) is 9.95. The maximum absolute atomic E-state index is 11.7. The third-order valence-corrected chi connectivity index (χ3v) is 4.06. The Morgan fingerprint density at radius 3 is 2.43 bits per heavy atom. The highest BCUT2D eigenvalue weighted by Gasteiger charge is 2.06. The van der Waals surface area contributed by atoms with Crippen LogP contribution in [0.1, 0.15) is 15.2 Å². The zero-order chi connectivity index (χ0) is 15.2. The van der Waals surface area contributed by atoms with E-state index < -0.39 is 11.9 Å². The van der Waals surface area contributed by atoms with Crippen molar-refractivity contribution in [3.63, 3.8) is 0 Å². The van der Waals surface area contributed by atoms with Crippen molar-refractivity contribution in [2.45, 2.75) is 0 Å². The van der Waals surface area contributed by atoms with Crippen molar-refractivity contribution in [3.8, 4) is 5.75 Å². The number of esters is 2. The van der Waals surface area contributed by atoms with E-state index in [9.17, 15) is 9.59 Å². The van der Waals surface area contributed by atoms with Crippen LogP contribution in [0.4, 0.5) is 0 Å². The molecular weight excluding hydrogens is 356 g/mol. The number of hydrogen-bond donors (Lipinski definition) is 0. The van der Waals surface area contributed by atoms with E-state index in [0.29, 0.717) is 11.3 Å². The summed E-state index contributed by atoms with van der Waals surface area (Å²) in [4.78, 5) is 23.9. The molecule has 1 heterocycles. The predicted molar refractivity (Wildman–Crippen MR) is 84.5 cm³/mol. The lowest BCUT2D eigenvalue weighted by Crippen LogP contribution is -2.04. The summed E-state index contributed by atoms with van der Waals surface area (Å²) in [6.07, 6.45) is 3.03. The van der Waals surface area contributed by atoms with Crippen LogP contribution in [0.25, 0.3) is 6.08 Å². The van der Waals surface area contributed by atoms with Gasteiger partial charge < -0.3 is 9.47 Å². The number of methoxy groups -OCH3 is 1. The molecule has 0 spiro atoms. The second kappa shape index (κ2) is 7.19. The summed E-state index contributed by atoms with van der Waals surface area (Å²) in [5.74, 6) is -0.550. The van der Waals surface area contributed by atoms with Crippen molar-refractivity contribution < 1.29 is 19.1 Å². The summed E-state index contributed by atoms with van der Waals surface area (Å²) in [6.45, 7) is 0. The van der Waals surface area contributed by atoms with Crippen LogP contribution >= 0.6 is 27.3 Å². The van der Waals surface area contributed by atoms with E-state index in [1.54, 1.807) is 18.2 Å². The average Bonchev–Trinajstić information content (AvgIpc) is 2.91. The summed E-state index contributed by atoms with van der Waals surface area (Å²) in [5, 5.41) is 0. The SMILES string of the molecule is COC(=O)c1ccc(OC(=O)/C=C/c2ccc(Br)s2)cc1. The minimum Gasteiger partial charge on any atom is -0.465 e. The minimum atomic E-state index is -0.481. The molecule has 0 fully saturated rings. The molecule has 0 saturated carbocycles. The lowest BCUT2D eigenvalue weighted by molar-refractivity contribution is -0.128. The van der Waals surface area contributed by atoms with Crippen molar-refractivity contribution >= 4 is 45.3 Å². The van der Waals surface area contributed by atoms with E-state index in [1.807, 2.05) is 12.1 Å². The van der Waals surface area contributed by atoms with Crippen molar-refractivity contribution in [3.05, 3.63) is 56.7 Å². The molecule has 21 heavy (non-hydrogen) atoms. The molecule has 0 atom stereocenters. The third-order valence-electron chi connectivity index (χ3n) is 2.47. The number of benzene rings is 1. The number of thiophene rings is 1. The van der Waals surface area contributed by atoms with Crippen molar-refractivity contribution in [2.75, 3.05) is 7.11 Å². The minimum absolute atomic E-state index is 0.365. The Morgan fingerprint density at radius 2 is 1.86 bits per heavy atom. The van der Waals surface area contributed by atoms with Crippen LogP contribution in [-0.4, -0.2) is 19.0 Å². The standard InChI is InChI=1S/C15H11BrO4S/c1-19-15(18)10-2-4-11(5-3-10)20-14(17)9-7-12-6-8-13(16)21-12/h2-9H,1H3/b9-7+. The average molecular weight is 367 g/mol. The molecule has 2 rings (SSSR count). The number of carbonyl (C=O) groups excluding carboxylic acids is 2. The summed E-state index contributed by atoms with van der Waals surface area (Å²) in [7, 11) is 1.31. The van der Waals surface area contributed by atoms with Gasteiger partial charge in [-0.05, 0) is 58.4 Å². The van der Waals surface area contributed by atoms with E-state index >= 15 is 0 Å². The first-order valence-corrected chi connectivity index (χ1v) is 7.53. The predicted octanol–water partition coefficient (Wildman–Crippen LogP) is 3.92. The number of halogens is 1. The maximum Gasteiger partial charge on any atom is 0.337 e. The zero-order valence-corrected chi connectivity index (χ0v) is 13.4. The van der Waals surface area contributed by atoms with Gasteiger partial charge in [0.2, 0.25) is 0 Å². The van der Waals surface area contributed by atoms with E-state index in [0.717, 1.165) is 8.66 Å². The normalized spacial score (nSPS) is 10.6. The van der Waals surface area contributed by atoms with Crippen LogP contribution < -0.4 is 4.74 Å². The van der Waals surface area contributed by atoms with E-state index in [2.05, 4.69) is 20.7 Å². The summed E-state index contributed by atoms with van der Waals surface area (Å²) < 4.78 is 10.7. The van der Waals surface area contributed by atoms with Crippen LogP contribution in [0.15, 0.2) is 46.3 Å². The fraction of sp³-hybridized carbons (Fsp3) is 0.0667. The van der Waals surface area contributed by atoms with Gasteiger partial charge >= 0.3 is 11.9 Å². The van der Waals surface area contributed by atoms with Gasteiger partial charge in [0.05, 0.1) is 16.5 Å². The molecule has 4 nitrogen and oxygen atoms in total. The van der Waals surface area contributed by atoms with Gasteiger partial charge in [-0.2, -0.15) is 0 Å². The molecule has 0 radical (unpaired) electrons. The molecule has 6 heteroatoms. The Hall–Kier alpha value is -1.92. The molecule has 0 saturated heterocycles.